The molecule has 1 aromatic heterocycles. The molecule has 0 aliphatic rings. The van der Waals surface area contributed by atoms with Crippen LogP contribution in [-0.2, 0) is 11.3 Å². The maximum absolute atomic E-state index is 12.9. The molecule has 7 nitrogen and oxygen atoms in total. The van der Waals surface area contributed by atoms with Crippen molar-refractivity contribution in [2.45, 2.75) is 25.0 Å². The molecule has 2 amide bonds. The third-order valence-electron chi connectivity index (χ3n) is 4.08. The van der Waals surface area contributed by atoms with Crippen LogP contribution < -0.4 is 16.4 Å². The zero-order valence-electron chi connectivity index (χ0n) is 15.9. The third-order valence-corrected chi connectivity index (χ3v) is 5.55. The summed E-state index contributed by atoms with van der Waals surface area (Å²) in [7, 11) is 0. The van der Waals surface area contributed by atoms with Gasteiger partial charge in [0.15, 0.2) is 5.16 Å². The minimum atomic E-state index is -0.564. The number of thioether (sulfide) groups is 1. The predicted molar refractivity (Wildman–Crippen MR) is 117 cm³/mol. The summed E-state index contributed by atoms with van der Waals surface area (Å²) in [4.78, 5) is 41.5. The Labute approximate surface area is 184 Å². The molecule has 30 heavy (non-hydrogen) atoms. The predicted octanol–water partition coefficient (Wildman–Crippen LogP) is 3.26. The van der Waals surface area contributed by atoms with Crippen LogP contribution in [0.4, 0.5) is 4.39 Å². The number of fused-ring (bicyclic) bond motifs is 1. The molecule has 0 atom stereocenters. The number of carbonyl (C=O) groups is 2. The first kappa shape index (κ1) is 22.0. The van der Waals surface area contributed by atoms with Gasteiger partial charge in [0.25, 0.3) is 11.5 Å². The first-order chi connectivity index (χ1) is 14.4. The van der Waals surface area contributed by atoms with Crippen LogP contribution in [-0.4, -0.2) is 27.1 Å². The lowest BCUT2D eigenvalue weighted by atomic mass is 10.2. The second-order valence-corrected chi connectivity index (χ2v) is 8.17. The summed E-state index contributed by atoms with van der Waals surface area (Å²) >= 11 is 4.47. The molecule has 0 unspecified atom stereocenters. The van der Waals surface area contributed by atoms with Crippen molar-refractivity contribution < 1.29 is 14.0 Å². The Morgan fingerprint density at radius 1 is 1.17 bits per heavy atom. The van der Waals surface area contributed by atoms with Crippen LogP contribution >= 0.6 is 27.7 Å². The van der Waals surface area contributed by atoms with E-state index in [1.54, 1.807) is 22.8 Å². The van der Waals surface area contributed by atoms with E-state index in [1.165, 1.54) is 12.1 Å². The van der Waals surface area contributed by atoms with Crippen LogP contribution in [0, 0.1) is 5.82 Å². The quantitative estimate of drug-likeness (QED) is 0.313. The monoisotopic (exact) mass is 492 g/mol. The molecule has 0 saturated carbocycles. The number of hydrogen-bond acceptors (Lipinski definition) is 5. The Morgan fingerprint density at radius 2 is 1.90 bits per heavy atom. The highest BCUT2D eigenvalue weighted by molar-refractivity contribution is 9.10. The van der Waals surface area contributed by atoms with Gasteiger partial charge in [0.2, 0.25) is 5.91 Å². The van der Waals surface area contributed by atoms with Gasteiger partial charge in [-0.05, 0) is 48.9 Å². The largest absolute Gasteiger partial charge is 0.287 e. The smallest absolute Gasteiger partial charge is 0.269 e. The SMILES string of the molecule is CCCn1c(SCC(=O)NNC(=O)c2ccc(F)cc2)nc2ccc(Br)cc2c1=O. The van der Waals surface area contributed by atoms with Crippen LogP contribution in [0.5, 0.6) is 0 Å². The molecule has 0 saturated heterocycles. The van der Waals surface area contributed by atoms with E-state index >= 15 is 0 Å². The Hall–Kier alpha value is -2.72. The molecule has 3 aromatic rings. The maximum Gasteiger partial charge on any atom is 0.269 e. The maximum atomic E-state index is 12.9. The highest BCUT2D eigenvalue weighted by atomic mass is 79.9. The van der Waals surface area contributed by atoms with E-state index < -0.39 is 17.6 Å². The van der Waals surface area contributed by atoms with Crippen molar-refractivity contribution in [3.8, 4) is 0 Å². The van der Waals surface area contributed by atoms with Crippen molar-refractivity contribution in [1.82, 2.24) is 20.4 Å². The average Bonchev–Trinajstić information content (AvgIpc) is 2.73. The van der Waals surface area contributed by atoms with Crippen molar-refractivity contribution in [2.75, 3.05) is 5.75 Å². The van der Waals surface area contributed by atoms with Gasteiger partial charge >= 0.3 is 0 Å². The van der Waals surface area contributed by atoms with Crippen molar-refractivity contribution in [1.29, 1.82) is 0 Å². The third kappa shape index (κ3) is 5.25. The van der Waals surface area contributed by atoms with Gasteiger partial charge in [0.1, 0.15) is 5.82 Å². The Balaban J connectivity index is 1.68. The topological polar surface area (TPSA) is 93.1 Å². The molecular weight excluding hydrogens is 475 g/mol. The molecule has 1 heterocycles. The van der Waals surface area contributed by atoms with E-state index in [0.717, 1.165) is 34.8 Å². The second kappa shape index (κ2) is 9.86. The zero-order chi connectivity index (χ0) is 21.7. The summed E-state index contributed by atoms with van der Waals surface area (Å²) in [6, 6.07) is 10.2. The van der Waals surface area contributed by atoms with Crippen LogP contribution in [0.2, 0.25) is 0 Å². The van der Waals surface area contributed by atoms with Gasteiger partial charge in [-0.1, -0.05) is 34.6 Å². The number of hydrogen-bond donors (Lipinski definition) is 2. The van der Waals surface area contributed by atoms with Gasteiger partial charge in [0.05, 0.1) is 16.7 Å². The number of rotatable bonds is 6. The molecule has 0 fully saturated rings. The van der Waals surface area contributed by atoms with Gasteiger partial charge in [0, 0.05) is 16.6 Å². The molecule has 0 radical (unpaired) electrons. The van der Waals surface area contributed by atoms with Gasteiger partial charge in [-0.2, -0.15) is 0 Å². The molecule has 0 aliphatic carbocycles. The molecule has 10 heteroatoms. The standard InChI is InChI=1S/C20H18BrFN4O3S/c1-2-9-26-19(29)15-10-13(21)5-8-16(15)23-20(26)30-11-17(27)24-25-18(28)12-3-6-14(22)7-4-12/h3-8,10H,2,9,11H2,1H3,(H,24,27)(H,25,28). The summed E-state index contributed by atoms with van der Waals surface area (Å²) < 4.78 is 15.3. The zero-order valence-corrected chi connectivity index (χ0v) is 18.3. The highest BCUT2D eigenvalue weighted by Gasteiger charge is 2.14. The molecule has 156 valence electrons. The fraction of sp³-hybridized carbons (Fsp3) is 0.200. The molecule has 2 aromatic carbocycles. The first-order valence-electron chi connectivity index (χ1n) is 9.06. The number of aromatic nitrogens is 2. The molecule has 2 N–H and O–H groups in total. The van der Waals surface area contributed by atoms with E-state index in [4.69, 9.17) is 0 Å². The fourth-order valence-corrected chi connectivity index (χ4v) is 3.86. The fourth-order valence-electron chi connectivity index (χ4n) is 2.67. The first-order valence-corrected chi connectivity index (χ1v) is 10.8. The summed E-state index contributed by atoms with van der Waals surface area (Å²) in [6.07, 6.45) is 0.731. The molecule has 0 bridgehead atoms. The van der Waals surface area contributed by atoms with E-state index in [0.29, 0.717) is 22.6 Å². The summed E-state index contributed by atoms with van der Waals surface area (Å²) in [5, 5.41) is 0.926. The van der Waals surface area contributed by atoms with Crippen LogP contribution in [0.1, 0.15) is 23.7 Å². The molecule has 3 rings (SSSR count). The van der Waals surface area contributed by atoms with Crippen molar-refractivity contribution >= 4 is 50.4 Å². The minimum Gasteiger partial charge on any atom is -0.287 e. The van der Waals surface area contributed by atoms with Crippen molar-refractivity contribution in [3.63, 3.8) is 0 Å². The van der Waals surface area contributed by atoms with Gasteiger partial charge < -0.3 is 0 Å². The summed E-state index contributed by atoms with van der Waals surface area (Å²) in [5.41, 5.74) is 5.16. The van der Waals surface area contributed by atoms with Gasteiger partial charge in [-0.15, -0.1) is 0 Å². The van der Waals surface area contributed by atoms with Crippen LogP contribution in [0.3, 0.4) is 0 Å². The van der Waals surface area contributed by atoms with E-state index in [2.05, 4.69) is 31.8 Å². The Bertz CT molecular complexity index is 1150. The number of amides is 2. The van der Waals surface area contributed by atoms with E-state index in [9.17, 15) is 18.8 Å². The van der Waals surface area contributed by atoms with Crippen molar-refractivity contribution in [2.24, 2.45) is 0 Å². The molecule has 0 aliphatic heterocycles. The highest BCUT2D eigenvalue weighted by Crippen LogP contribution is 2.20. The number of hydrazine groups is 1. The number of carbonyl (C=O) groups excluding carboxylic acids is 2. The molecular formula is C20H18BrFN4O3S. The summed E-state index contributed by atoms with van der Waals surface area (Å²) in [5.74, 6) is -1.54. The number of halogens is 2. The number of benzene rings is 2. The van der Waals surface area contributed by atoms with Gasteiger partial charge in [-0.3, -0.25) is 29.8 Å². The van der Waals surface area contributed by atoms with Gasteiger partial charge in [-0.25, -0.2) is 9.37 Å². The Kier molecular flexibility index (Phi) is 7.22. The lowest BCUT2D eigenvalue weighted by molar-refractivity contribution is -0.119. The minimum absolute atomic E-state index is 0.0537. The molecule has 0 spiro atoms. The second-order valence-electron chi connectivity index (χ2n) is 6.31. The van der Waals surface area contributed by atoms with Crippen LogP contribution in [0.25, 0.3) is 10.9 Å². The lowest BCUT2D eigenvalue weighted by Gasteiger charge is -2.12. The normalized spacial score (nSPS) is 10.8. The van der Waals surface area contributed by atoms with E-state index in [-0.39, 0.29) is 16.9 Å². The summed E-state index contributed by atoms with van der Waals surface area (Å²) in [6.45, 7) is 2.42. The Morgan fingerprint density at radius 3 is 2.60 bits per heavy atom. The average molecular weight is 493 g/mol. The lowest BCUT2D eigenvalue weighted by Crippen LogP contribution is -2.42. The van der Waals surface area contributed by atoms with E-state index in [1.807, 2.05) is 6.92 Å². The van der Waals surface area contributed by atoms with Crippen LogP contribution in [0.15, 0.2) is 56.9 Å². The number of nitrogens with zero attached hydrogens (tertiary/aromatic N) is 2. The number of nitrogens with one attached hydrogen (secondary N) is 2. The van der Waals surface area contributed by atoms with Crippen molar-refractivity contribution in [3.05, 3.63) is 68.7 Å².